The van der Waals surface area contributed by atoms with Gasteiger partial charge in [-0.3, -0.25) is 4.99 Å². The molecular formula is C12H10ClN3. The third-order valence-corrected chi connectivity index (χ3v) is 2.88. The second-order valence-electron chi connectivity index (χ2n) is 3.68. The highest BCUT2D eigenvalue weighted by molar-refractivity contribution is 6.84. The minimum absolute atomic E-state index is 0.485. The van der Waals surface area contributed by atoms with Crippen molar-refractivity contribution in [2.45, 2.75) is 0 Å². The molecule has 0 N–H and O–H groups in total. The molecule has 0 amide bonds. The van der Waals surface area contributed by atoms with Gasteiger partial charge >= 0.3 is 0 Å². The summed E-state index contributed by atoms with van der Waals surface area (Å²) in [5, 5.41) is 0.485. The Hall–Kier alpha value is -1.61. The fraction of sp³-hybridized carbons (Fsp3) is 0.167. The smallest absolute Gasteiger partial charge is 0.172 e. The molecule has 1 aromatic rings. The molecule has 4 heteroatoms. The van der Waals surface area contributed by atoms with Crippen LogP contribution < -0.4 is 0 Å². The Morgan fingerprint density at radius 2 is 2.00 bits per heavy atom. The topological polar surface area (TPSA) is 28.0 Å². The summed E-state index contributed by atoms with van der Waals surface area (Å²) in [6, 6.07) is 10.0. The molecule has 0 saturated heterocycles. The number of hydrogen-bond donors (Lipinski definition) is 0. The predicted octanol–water partition coefficient (Wildman–Crippen LogP) is 2.35. The average molecular weight is 232 g/mol. The van der Waals surface area contributed by atoms with Crippen molar-refractivity contribution in [3.63, 3.8) is 0 Å². The molecule has 0 atom stereocenters. The second-order valence-corrected chi connectivity index (χ2v) is 4.04. The summed E-state index contributed by atoms with van der Waals surface area (Å²) in [5.41, 5.74) is 1.97. The van der Waals surface area contributed by atoms with Gasteiger partial charge in [-0.25, -0.2) is 4.99 Å². The molecule has 0 fully saturated rings. The zero-order valence-corrected chi connectivity index (χ0v) is 9.35. The van der Waals surface area contributed by atoms with E-state index in [1.54, 1.807) is 0 Å². The van der Waals surface area contributed by atoms with E-state index < -0.39 is 0 Å². The van der Waals surface area contributed by atoms with E-state index in [0.717, 1.165) is 30.2 Å². The first-order valence-electron chi connectivity index (χ1n) is 5.17. The summed E-state index contributed by atoms with van der Waals surface area (Å²) in [7, 11) is 0. The first-order valence-corrected chi connectivity index (χ1v) is 5.55. The molecule has 1 aromatic carbocycles. The molecule has 16 heavy (non-hydrogen) atoms. The van der Waals surface area contributed by atoms with Gasteiger partial charge in [0.25, 0.3) is 0 Å². The van der Waals surface area contributed by atoms with E-state index in [-0.39, 0.29) is 0 Å². The molecule has 80 valence electrons. The van der Waals surface area contributed by atoms with Crippen LogP contribution in [0.25, 0.3) is 5.70 Å². The van der Waals surface area contributed by atoms with Gasteiger partial charge in [-0.15, -0.1) is 0 Å². The molecule has 0 bridgehead atoms. The summed E-state index contributed by atoms with van der Waals surface area (Å²) in [6.45, 7) is 1.68. The van der Waals surface area contributed by atoms with Gasteiger partial charge in [0.15, 0.2) is 11.0 Å². The average Bonchev–Trinajstić information content (AvgIpc) is 2.79. The van der Waals surface area contributed by atoms with Crippen LogP contribution in [-0.4, -0.2) is 29.0 Å². The predicted molar refractivity (Wildman–Crippen MR) is 66.7 cm³/mol. The van der Waals surface area contributed by atoms with Crippen molar-refractivity contribution in [2.75, 3.05) is 13.1 Å². The molecule has 2 heterocycles. The first kappa shape index (κ1) is 9.60. The zero-order chi connectivity index (χ0) is 11.0. The van der Waals surface area contributed by atoms with E-state index in [1.165, 1.54) is 0 Å². The van der Waals surface area contributed by atoms with Crippen molar-refractivity contribution < 1.29 is 0 Å². The van der Waals surface area contributed by atoms with Crippen molar-refractivity contribution in [1.82, 2.24) is 4.90 Å². The van der Waals surface area contributed by atoms with Crippen LogP contribution in [0.1, 0.15) is 5.56 Å². The van der Waals surface area contributed by atoms with Crippen LogP contribution in [-0.2, 0) is 0 Å². The highest BCUT2D eigenvalue weighted by atomic mass is 35.5. The lowest BCUT2D eigenvalue weighted by atomic mass is 10.1. The number of amidine groups is 1. The molecule has 0 saturated carbocycles. The quantitative estimate of drug-likeness (QED) is 0.729. The van der Waals surface area contributed by atoms with Gasteiger partial charge in [-0.1, -0.05) is 41.9 Å². The van der Waals surface area contributed by atoms with Crippen LogP contribution in [0, 0.1) is 0 Å². The van der Waals surface area contributed by atoms with Crippen LogP contribution in [0.15, 0.2) is 46.5 Å². The molecule has 3 rings (SSSR count). The Labute approximate surface area is 98.8 Å². The molecule has 3 nitrogen and oxygen atoms in total. The van der Waals surface area contributed by atoms with Crippen molar-refractivity contribution in [3.8, 4) is 0 Å². The van der Waals surface area contributed by atoms with Crippen molar-refractivity contribution in [1.29, 1.82) is 0 Å². The maximum atomic E-state index is 6.10. The molecule has 0 unspecified atom stereocenters. The van der Waals surface area contributed by atoms with E-state index in [4.69, 9.17) is 11.6 Å². The zero-order valence-electron chi connectivity index (χ0n) is 8.60. The molecule has 0 spiro atoms. The third-order valence-electron chi connectivity index (χ3n) is 2.63. The molecule has 0 aromatic heterocycles. The fourth-order valence-corrected chi connectivity index (χ4v) is 2.11. The highest BCUT2D eigenvalue weighted by Crippen LogP contribution is 2.23. The van der Waals surface area contributed by atoms with Crippen LogP contribution in [0.3, 0.4) is 0 Å². The van der Waals surface area contributed by atoms with E-state index in [9.17, 15) is 0 Å². The Bertz CT molecular complexity index is 502. The van der Waals surface area contributed by atoms with Gasteiger partial charge in [-0.2, -0.15) is 0 Å². The maximum absolute atomic E-state index is 6.10. The van der Waals surface area contributed by atoms with Gasteiger partial charge in [0.05, 0.1) is 12.2 Å². The summed E-state index contributed by atoms with van der Waals surface area (Å²) in [4.78, 5) is 10.7. The van der Waals surface area contributed by atoms with E-state index in [0.29, 0.717) is 5.17 Å². The number of aliphatic imine (C=N–C) groups is 2. The van der Waals surface area contributed by atoms with Crippen LogP contribution in [0.4, 0.5) is 0 Å². The molecule has 0 radical (unpaired) electrons. The lowest BCUT2D eigenvalue weighted by Crippen LogP contribution is -2.29. The summed E-state index contributed by atoms with van der Waals surface area (Å²) in [6.07, 6.45) is 2.01. The minimum Gasteiger partial charge on any atom is -0.327 e. The fourth-order valence-electron chi connectivity index (χ4n) is 1.85. The highest BCUT2D eigenvalue weighted by Gasteiger charge is 2.23. The van der Waals surface area contributed by atoms with Gasteiger partial charge < -0.3 is 4.90 Å². The number of nitrogens with zero attached hydrogens (tertiary/aromatic N) is 3. The van der Waals surface area contributed by atoms with Crippen LogP contribution in [0.5, 0.6) is 0 Å². The first-order chi connectivity index (χ1) is 7.84. The standard InChI is InChI=1S/C12H10ClN3/c13-11-12-14-6-7-16(12)8-10(15-11)9-4-2-1-3-5-9/h1-5,8H,6-7H2. The molecule has 2 aliphatic rings. The van der Waals surface area contributed by atoms with Crippen LogP contribution >= 0.6 is 11.6 Å². The van der Waals surface area contributed by atoms with Gasteiger partial charge in [0.1, 0.15) is 0 Å². The molecule has 0 aliphatic carbocycles. The van der Waals surface area contributed by atoms with Crippen molar-refractivity contribution in [3.05, 3.63) is 42.1 Å². The Balaban J connectivity index is 2.02. The lowest BCUT2D eigenvalue weighted by molar-refractivity contribution is 0.615. The van der Waals surface area contributed by atoms with E-state index >= 15 is 0 Å². The summed E-state index contributed by atoms with van der Waals surface area (Å²) >= 11 is 6.10. The maximum Gasteiger partial charge on any atom is 0.172 e. The number of hydrogen-bond acceptors (Lipinski definition) is 3. The Kier molecular flexibility index (Phi) is 2.26. The van der Waals surface area contributed by atoms with Crippen molar-refractivity contribution >= 4 is 28.3 Å². The SMILES string of the molecule is ClC1=NC(c2ccccc2)=CN2CCN=C12. The second kappa shape index (κ2) is 3.76. The molecular weight excluding hydrogens is 222 g/mol. The monoisotopic (exact) mass is 231 g/mol. The van der Waals surface area contributed by atoms with Gasteiger partial charge in [-0.05, 0) is 0 Å². The number of fused-ring (bicyclic) bond motifs is 1. The van der Waals surface area contributed by atoms with Crippen molar-refractivity contribution in [2.24, 2.45) is 9.98 Å². The minimum atomic E-state index is 0.485. The molecule has 2 aliphatic heterocycles. The normalized spacial score (nSPS) is 18.8. The Morgan fingerprint density at radius 3 is 2.81 bits per heavy atom. The van der Waals surface area contributed by atoms with E-state index in [1.807, 2.05) is 36.5 Å². The largest absolute Gasteiger partial charge is 0.327 e. The van der Waals surface area contributed by atoms with Gasteiger partial charge in [0, 0.05) is 18.3 Å². The third kappa shape index (κ3) is 1.53. The Morgan fingerprint density at radius 1 is 1.19 bits per heavy atom. The number of halogens is 1. The number of rotatable bonds is 1. The van der Waals surface area contributed by atoms with Crippen LogP contribution in [0.2, 0.25) is 0 Å². The van der Waals surface area contributed by atoms with Gasteiger partial charge in [0.2, 0.25) is 0 Å². The van der Waals surface area contributed by atoms with E-state index in [2.05, 4.69) is 14.9 Å². The number of benzene rings is 1. The summed E-state index contributed by atoms with van der Waals surface area (Å²) < 4.78 is 0. The lowest BCUT2D eigenvalue weighted by Gasteiger charge is -2.20. The summed E-state index contributed by atoms with van der Waals surface area (Å²) in [5.74, 6) is 0.793.